The molecule has 0 bridgehead atoms. The SMILES string of the molecule is C.COC1=CCOC1=O. The zero-order valence-corrected chi connectivity index (χ0v) is 4.51. The minimum atomic E-state index is -0.368. The van der Waals surface area contributed by atoms with Crippen molar-refractivity contribution in [2.75, 3.05) is 13.7 Å². The second-order valence-corrected chi connectivity index (χ2v) is 1.37. The number of carbonyl (C=O) groups excluding carboxylic acids is 1. The predicted molar refractivity (Wildman–Crippen MR) is 32.8 cm³/mol. The van der Waals surface area contributed by atoms with Crippen LogP contribution < -0.4 is 0 Å². The van der Waals surface area contributed by atoms with Gasteiger partial charge in [-0.05, 0) is 0 Å². The fourth-order valence-corrected chi connectivity index (χ4v) is 0.514. The highest BCUT2D eigenvalue weighted by Gasteiger charge is 2.15. The molecule has 1 aliphatic heterocycles. The van der Waals surface area contributed by atoms with Gasteiger partial charge in [0, 0.05) is 6.08 Å². The van der Waals surface area contributed by atoms with Crippen LogP contribution in [0.4, 0.5) is 0 Å². The van der Waals surface area contributed by atoms with Gasteiger partial charge in [-0.25, -0.2) is 4.79 Å². The number of ether oxygens (including phenoxy) is 2. The summed E-state index contributed by atoms with van der Waals surface area (Å²) >= 11 is 0. The van der Waals surface area contributed by atoms with Gasteiger partial charge >= 0.3 is 5.97 Å². The van der Waals surface area contributed by atoms with Crippen LogP contribution in [-0.4, -0.2) is 19.7 Å². The lowest BCUT2D eigenvalue weighted by atomic mass is 10.5. The van der Waals surface area contributed by atoms with Gasteiger partial charge in [0.05, 0.1) is 7.11 Å². The topological polar surface area (TPSA) is 35.5 Å². The molecule has 0 N–H and O–H groups in total. The Kier molecular flexibility index (Phi) is 2.78. The second kappa shape index (κ2) is 3.12. The van der Waals surface area contributed by atoms with Crippen LogP contribution in [0.3, 0.4) is 0 Å². The standard InChI is InChI=1S/C5H6O3.CH4/c1-7-4-2-3-8-5(4)6;/h2H,3H2,1H3;1H4. The van der Waals surface area contributed by atoms with Gasteiger partial charge in [0.2, 0.25) is 5.76 Å². The van der Waals surface area contributed by atoms with Crippen molar-refractivity contribution >= 4 is 5.97 Å². The van der Waals surface area contributed by atoms with Crippen molar-refractivity contribution in [2.45, 2.75) is 7.43 Å². The fourth-order valence-electron chi connectivity index (χ4n) is 0.514. The third-order valence-electron chi connectivity index (χ3n) is 0.904. The van der Waals surface area contributed by atoms with Gasteiger partial charge in [0.25, 0.3) is 0 Å². The lowest BCUT2D eigenvalue weighted by Crippen LogP contribution is -1.99. The molecule has 1 heterocycles. The zero-order chi connectivity index (χ0) is 5.98. The molecule has 0 amide bonds. The van der Waals surface area contributed by atoms with E-state index in [2.05, 4.69) is 9.47 Å². The largest absolute Gasteiger partial charge is 0.490 e. The Hall–Kier alpha value is -0.990. The lowest BCUT2D eigenvalue weighted by Gasteiger charge is -1.92. The van der Waals surface area contributed by atoms with Crippen LogP contribution in [0, 0.1) is 0 Å². The van der Waals surface area contributed by atoms with Crippen molar-refractivity contribution in [3.8, 4) is 0 Å². The highest BCUT2D eigenvalue weighted by atomic mass is 16.6. The molecule has 0 atom stereocenters. The average Bonchev–Trinajstić information content (AvgIpc) is 2.14. The second-order valence-electron chi connectivity index (χ2n) is 1.37. The van der Waals surface area contributed by atoms with E-state index in [4.69, 9.17) is 0 Å². The van der Waals surface area contributed by atoms with Crippen LogP contribution in [0.15, 0.2) is 11.8 Å². The van der Waals surface area contributed by atoms with Crippen molar-refractivity contribution in [3.05, 3.63) is 11.8 Å². The van der Waals surface area contributed by atoms with E-state index >= 15 is 0 Å². The van der Waals surface area contributed by atoms with Crippen LogP contribution in [0.2, 0.25) is 0 Å². The summed E-state index contributed by atoms with van der Waals surface area (Å²) in [5.41, 5.74) is 0. The first-order chi connectivity index (χ1) is 3.84. The van der Waals surface area contributed by atoms with Crippen molar-refractivity contribution in [3.63, 3.8) is 0 Å². The third-order valence-corrected chi connectivity index (χ3v) is 0.904. The highest BCUT2D eigenvalue weighted by molar-refractivity contribution is 5.88. The summed E-state index contributed by atoms with van der Waals surface area (Å²) in [6.07, 6.45) is 1.60. The molecule has 0 aromatic carbocycles. The Labute approximate surface area is 54.3 Å². The maximum Gasteiger partial charge on any atom is 0.373 e. The van der Waals surface area contributed by atoms with Crippen LogP contribution in [0.5, 0.6) is 0 Å². The predicted octanol–water partition coefficient (Wildman–Crippen LogP) is 0.710. The van der Waals surface area contributed by atoms with Crippen molar-refractivity contribution < 1.29 is 14.3 Å². The maximum atomic E-state index is 10.4. The molecule has 0 aromatic rings. The molecule has 0 saturated heterocycles. The molecular formula is C6H10O3. The van der Waals surface area contributed by atoms with Gasteiger partial charge < -0.3 is 9.47 Å². The maximum absolute atomic E-state index is 10.4. The van der Waals surface area contributed by atoms with Crippen LogP contribution >= 0.6 is 0 Å². The third kappa shape index (κ3) is 1.45. The summed E-state index contributed by atoms with van der Waals surface area (Å²) in [6.45, 7) is 0.349. The number of hydrogen-bond acceptors (Lipinski definition) is 3. The summed E-state index contributed by atoms with van der Waals surface area (Å²) in [5, 5.41) is 0. The summed E-state index contributed by atoms with van der Waals surface area (Å²) < 4.78 is 9.11. The fraction of sp³-hybridized carbons (Fsp3) is 0.500. The van der Waals surface area contributed by atoms with E-state index in [0.29, 0.717) is 12.4 Å². The molecule has 0 aromatic heterocycles. The van der Waals surface area contributed by atoms with Gasteiger partial charge in [-0.15, -0.1) is 0 Å². The van der Waals surface area contributed by atoms with Gasteiger partial charge in [-0.3, -0.25) is 0 Å². The van der Waals surface area contributed by atoms with Gasteiger partial charge in [-0.2, -0.15) is 0 Å². The van der Waals surface area contributed by atoms with Gasteiger partial charge in [0.1, 0.15) is 6.61 Å². The minimum absolute atomic E-state index is 0. The molecule has 52 valence electrons. The minimum Gasteiger partial charge on any atom is -0.490 e. The Morgan fingerprint density at radius 3 is 2.67 bits per heavy atom. The summed E-state index contributed by atoms with van der Waals surface area (Å²) in [5.74, 6) is -0.0579. The lowest BCUT2D eigenvalue weighted by molar-refractivity contribution is -0.138. The Bertz CT molecular complexity index is 137. The quantitative estimate of drug-likeness (QED) is 0.490. The van der Waals surface area contributed by atoms with Gasteiger partial charge in [-0.1, -0.05) is 7.43 Å². The number of hydrogen-bond donors (Lipinski definition) is 0. The highest BCUT2D eigenvalue weighted by Crippen LogP contribution is 2.05. The molecule has 0 aliphatic carbocycles. The van der Waals surface area contributed by atoms with Crippen LogP contribution in [0.25, 0.3) is 0 Å². The zero-order valence-electron chi connectivity index (χ0n) is 4.51. The average molecular weight is 130 g/mol. The normalized spacial score (nSPS) is 15.7. The van der Waals surface area contributed by atoms with Crippen LogP contribution in [-0.2, 0) is 14.3 Å². The first kappa shape index (κ1) is 8.01. The molecule has 9 heavy (non-hydrogen) atoms. The van der Waals surface area contributed by atoms with E-state index in [9.17, 15) is 4.79 Å². The molecule has 0 saturated carbocycles. The summed E-state index contributed by atoms with van der Waals surface area (Å²) in [6, 6.07) is 0. The van der Waals surface area contributed by atoms with E-state index in [0.717, 1.165) is 0 Å². The monoisotopic (exact) mass is 130 g/mol. The molecule has 0 unspecified atom stereocenters. The molecular weight excluding hydrogens is 120 g/mol. The van der Waals surface area contributed by atoms with Gasteiger partial charge in [0.15, 0.2) is 0 Å². The first-order valence-corrected chi connectivity index (χ1v) is 2.26. The van der Waals surface area contributed by atoms with E-state index in [1.165, 1.54) is 7.11 Å². The molecule has 0 spiro atoms. The number of methoxy groups -OCH3 is 1. The van der Waals surface area contributed by atoms with E-state index in [1.54, 1.807) is 6.08 Å². The molecule has 0 radical (unpaired) electrons. The first-order valence-electron chi connectivity index (χ1n) is 2.26. The van der Waals surface area contributed by atoms with E-state index < -0.39 is 0 Å². The smallest absolute Gasteiger partial charge is 0.373 e. The van der Waals surface area contributed by atoms with Crippen molar-refractivity contribution in [1.82, 2.24) is 0 Å². The van der Waals surface area contributed by atoms with Crippen LogP contribution in [0.1, 0.15) is 7.43 Å². The molecule has 1 aliphatic rings. The summed E-state index contributed by atoms with van der Waals surface area (Å²) in [7, 11) is 1.44. The number of rotatable bonds is 1. The Morgan fingerprint density at radius 1 is 1.78 bits per heavy atom. The van der Waals surface area contributed by atoms with Crippen molar-refractivity contribution in [1.29, 1.82) is 0 Å². The molecule has 0 fully saturated rings. The summed E-state index contributed by atoms with van der Waals surface area (Å²) in [4.78, 5) is 10.4. The van der Waals surface area contributed by atoms with Crippen molar-refractivity contribution in [2.24, 2.45) is 0 Å². The number of cyclic esters (lactones) is 1. The molecule has 3 heteroatoms. The molecule has 3 nitrogen and oxygen atoms in total. The Balaban J connectivity index is 0.000000640. The van der Waals surface area contributed by atoms with E-state index in [-0.39, 0.29) is 13.4 Å². The molecule has 1 rings (SSSR count). The Morgan fingerprint density at radius 2 is 2.44 bits per heavy atom. The van der Waals surface area contributed by atoms with E-state index in [1.807, 2.05) is 0 Å². The number of esters is 1. The number of carbonyl (C=O) groups is 1.